The Labute approximate surface area is 86.1 Å². The third kappa shape index (κ3) is 9.52. The van der Waals surface area contributed by atoms with E-state index < -0.39 is 5.97 Å². The Hall–Kier alpha value is -0.570. The molecule has 2 N–H and O–H groups in total. The van der Waals surface area contributed by atoms with Gasteiger partial charge in [0.2, 0.25) is 0 Å². The van der Waals surface area contributed by atoms with E-state index in [0.717, 1.165) is 44.9 Å². The zero-order valence-electron chi connectivity index (χ0n) is 9.04. The Bertz CT molecular complexity index is 145. The molecule has 0 aliphatic heterocycles. The number of rotatable bonds is 9. The number of carbonyl (C=O) groups is 1. The molecule has 0 aliphatic carbocycles. The molecule has 0 saturated carbocycles. The maximum Gasteiger partial charge on any atom is 0.303 e. The number of hydrogen-bond donors (Lipinski definition) is 2. The minimum Gasteiger partial charge on any atom is -0.481 e. The summed E-state index contributed by atoms with van der Waals surface area (Å²) in [5.74, 6) is -0.712. The van der Waals surface area contributed by atoms with E-state index in [1.165, 1.54) is 0 Å². The largest absolute Gasteiger partial charge is 0.481 e. The molecule has 0 bridgehead atoms. The summed E-state index contributed by atoms with van der Waals surface area (Å²) in [6.07, 6.45) is 6.67. The molecule has 0 aliphatic rings. The van der Waals surface area contributed by atoms with Crippen LogP contribution in [0.5, 0.6) is 0 Å². The van der Waals surface area contributed by atoms with Crippen LogP contribution in [-0.2, 0) is 4.79 Å². The van der Waals surface area contributed by atoms with E-state index in [1.807, 2.05) is 0 Å². The smallest absolute Gasteiger partial charge is 0.303 e. The van der Waals surface area contributed by atoms with Crippen LogP contribution in [0.25, 0.3) is 0 Å². The quantitative estimate of drug-likeness (QED) is 0.565. The van der Waals surface area contributed by atoms with Crippen molar-refractivity contribution < 1.29 is 15.0 Å². The molecule has 0 saturated heterocycles. The van der Waals surface area contributed by atoms with Crippen molar-refractivity contribution in [1.82, 2.24) is 0 Å². The fraction of sp³-hybridized carbons (Fsp3) is 0.909. The zero-order valence-corrected chi connectivity index (χ0v) is 9.04. The van der Waals surface area contributed by atoms with E-state index in [2.05, 4.69) is 6.92 Å². The number of aliphatic hydroxyl groups is 1. The third-order valence-electron chi connectivity index (χ3n) is 2.30. The number of carboxylic acid groups (broad SMARTS) is 1. The van der Waals surface area contributed by atoms with Gasteiger partial charge >= 0.3 is 5.97 Å². The Morgan fingerprint density at radius 1 is 1.14 bits per heavy atom. The summed E-state index contributed by atoms with van der Waals surface area (Å²) in [4.78, 5) is 10.2. The lowest BCUT2D eigenvalue weighted by Gasteiger charge is -2.07. The monoisotopic (exact) mass is 202 g/mol. The minimum atomic E-state index is -0.712. The lowest BCUT2D eigenvalue weighted by molar-refractivity contribution is -0.137. The van der Waals surface area contributed by atoms with Gasteiger partial charge in [-0.2, -0.15) is 0 Å². The Kier molecular flexibility index (Phi) is 8.64. The molecule has 0 aromatic heterocycles. The molecule has 1 atom stereocenters. The maximum absolute atomic E-state index is 10.2. The van der Waals surface area contributed by atoms with Gasteiger partial charge in [-0.1, -0.05) is 32.6 Å². The highest BCUT2D eigenvalue weighted by Gasteiger charge is 2.02. The number of unbranched alkanes of at least 4 members (excludes halogenated alkanes) is 3. The van der Waals surface area contributed by atoms with Gasteiger partial charge in [0, 0.05) is 6.42 Å². The molecule has 0 spiro atoms. The molecule has 1 unspecified atom stereocenters. The van der Waals surface area contributed by atoms with Crippen molar-refractivity contribution >= 4 is 5.97 Å². The van der Waals surface area contributed by atoms with Gasteiger partial charge in [-0.3, -0.25) is 4.79 Å². The van der Waals surface area contributed by atoms with Gasteiger partial charge in [-0.15, -0.1) is 0 Å². The second kappa shape index (κ2) is 9.00. The first-order chi connectivity index (χ1) is 6.66. The summed E-state index contributed by atoms with van der Waals surface area (Å²) in [6, 6.07) is 0. The van der Waals surface area contributed by atoms with E-state index in [0.29, 0.717) is 0 Å². The second-order valence-corrected chi connectivity index (χ2v) is 3.79. The SMILES string of the molecule is CCCC(O)CCCCCCC(=O)O. The summed E-state index contributed by atoms with van der Waals surface area (Å²) in [5, 5.41) is 17.8. The highest BCUT2D eigenvalue weighted by Crippen LogP contribution is 2.10. The Morgan fingerprint density at radius 3 is 2.36 bits per heavy atom. The second-order valence-electron chi connectivity index (χ2n) is 3.79. The van der Waals surface area contributed by atoms with Crippen molar-refractivity contribution in [2.24, 2.45) is 0 Å². The van der Waals surface area contributed by atoms with Gasteiger partial charge in [0.25, 0.3) is 0 Å². The first kappa shape index (κ1) is 13.4. The van der Waals surface area contributed by atoms with Crippen LogP contribution < -0.4 is 0 Å². The van der Waals surface area contributed by atoms with Crippen LogP contribution in [0.3, 0.4) is 0 Å². The molecule has 0 fully saturated rings. The van der Waals surface area contributed by atoms with E-state index in [-0.39, 0.29) is 12.5 Å². The van der Waals surface area contributed by atoms with Crippen LogP contribution in [-0.4, -0.2) is 22.3 Å². The van der Waals surface area contributed by atoms with Crippen molar-refractivity contribution in [1.29, 1.82) is 0 Å². The lowest BCUT2D eigenvalue weighted by atomic mass is 10.1. The minimum absolute atomic E-state index is 0.153. The zero-order chi connectivity index (χ0) is 10.8. The molecule has 0 radical (unpaired) electrons. The molecule has 0 aromatic rings. The predicted octanol–water partition coefficient (Wildman–Crippen LogP) is 2.57. The number of hydrogen-bond acceptors (Lipinski definition) is 2. The number of carboxylic acids is 1. The molecule has 3 nitrogen and oxygen atoms in total. The molecule has 0 heterocycles. The maximum atomic E-state index is 10.2. The van der Waals surface area contributed by atoms with Crippen LogP contribution in [0.4, 0.5) is 0 Å². The number of aliphatic hydroxyl groups excluding tert-OH is 1. The normalized spacial score (nSPS) is 12.7. The molecule has 0 amide bonds. The Morgan fingerprint density at radius 2 is 1.79 bits per heavy atom. The molecule has 0 rings (SSSR count). The van der Waals surface area contributed by atoms with Crippen molar-refractivity contribution in [2.75, 3.05) is 0 Å². The number of aliphatic carboxylic acids is 1. The third-order valence-corrected chi connectivity index (χ3v) is 2.30. The first-order valence-electron chi connectivity index (χ1n) is 5.56. The van der Waals surface area contributed by atoms with Crippen molar-refractivity contribution in [3.8, 4) is 0 Å². The average Bonchev–Trinajstić information content (AvgIpc) is 2.11. The van der Waals surface area contributed by atoms with Crippen molar-refractivity contribution in [3.05, 3.63) is 0 Å². The van der Waals surface area contributed by atoms with Gasteiger partial charge in [0.05, 0.1) is 6.10 Å². The van der Waals surface area contributed by atoms with Crippen LogP contribution in [0.15, 0.2) is 0 Å². The van der Waals surface area contributed by atoms with E-state index in [9.17, 15) is 9.90 Å². The topological polar surface area (TPSA) is 57.5 Å². The molecular formula is C11H22O3. The van der Waals surface area contributed by atoms with Crippen molar-refractivity contribution in [2.45, 2.75) is 64.4 Å². The van der Waals surface area contributed by atoms with Gasteiger partial charge in [0.1, 0.15) is 0 Å². The molecular weight excluding hydrogens is 180 g/mol. The fourth-order valence-electron chi connectivity index (χ4n) is 1.49. The predicted molar refractivity (Wildman–Crippen MR) is 56.3 cm³/mol. The van der Waals surface area contributed by atoms with Crippen LogP contribution >= 0.6 is 0 Å². The summed E-state index contributed by atoms with van der Waals surface area (Å²) >= 11 is 0. The van der Waals surface area contributed by atoms with Gasteiger partial charge in [-0.25, -0.2) is 0 Å². The van der Waals surface area contributed by atoms with Gasteiger partial charge in [0.15, 0.2) is 0 Å². The van der Waals surface area contributed by atoms with E-state index in [4.69, 9.17) is 5.11 Å². The average molecular weight is 202 g/mol. The summed E-state index contributed by atoms with van der Waals surface area (Å²) in [7, 11) is 0. The Balaban J connectivity index is 3.09. The van der Waals surface area contributed by atoms with E-state index in [1.54, 1.807) is 0 Å². The molecule has 0 aromatic carbocycles. The van der Waals surface area contributed by atoms with Gasteiger partial charge in [-0.05, 0) is 19.3 Å². The van der Waals surface area contributed by atoms with Crippen LogP contribution in [0.1, 0.15) is 58.3 Å². The summed E-state index contributed by atoms with van der Waals surface area (Å²) < 4.78 is 0. The van der Waals surface area contributed by atoms with E-state index >= 15 is 0 Å². The summed E-state index contributed by atoms with van der Waals surface area (Å²) in [5.41, 5.74) is 0. The molecule has 84 valence electrons. The standard InChI is InChI=1S/C11H22O3/c1-2-7-10(12)8-5-3-4-6-9-11(13)14/h10,12H,2-9H2,1H3,(H,13,14). The summed E-state index contributed by atoms with van der Waals surface area (Å²) in [6.45, 7) is 2.07. The fourth-order valence-corrected chi connectivity index (χ4v) is 1.49. The van der Waals surface area contributed by atoms with Crippen LogP contribution in [0.2, 0.25) is 0 Å². The van der Waals surface area contributed by atoms with Crippen molar-refractivity contribution in [3.63, 3.8) is 0 Å². The van der Waals surface area contributed by atoms with Gasteiger partial charge < -0.3 is 10.2 Å². The van der Waals surface area contributed by atoms with Crippen LogP contribution in [0, 0.1) is 0 Å². The highest BCUT2D eigenvalue weighted by molar-refractivity contribution is 5.66. The lowest BCUT2D eigenvalue weighted by Crippen LogP contribution is -2.05. The molecule has 14 heavy (non-hydrogen) atoms. The molecule has 3 heteroatoms. The first-order valence-corrected chi connectivity index (χ1v) is 5.56. The highest BCUT2D eigenvalue weighted by atomic mass is 16.4.